The van der Waals surface area contributed by atoms with Crippen molar-refractivity contribution in [3.8, 4) is 0 Å². The summed E-state index contributed by atoms with van der Waals surface area (Å²) in [4.78, 5) is 35.2. The van der Waals surface area contributed by atoms with Crippen molar-refractivity contribution in [2.45, 2.75) is 206 Å². The van der Waals surface area contributed by atoms with Gasteiger partial charge in [0.2, 0.25) is 0 Å². The lowest BCUT2D eigenvalue weighted by Crippen LogP contribution is -2.37. The van der Waals surface area contributed by atoms with Crippen molar-refractivity contribution in [1.82, 2.24) is 0 Å². The normalized spacial score (nSPS) is 13.8. The summed E-state index contributed by atoms with van der Waals surface area (Å²) < 4.78 is 34.2. The number of esters is 2. The van der Waals surface area contributed by atoms with Crippen LogP contribution in [0, 0.1) is 0 Å². The number of unbranched alkanes of at least 4 members (excludes halogenated alkanes) is 23. The minimum absolute atomic E-state index is 0.0330. The molecule has 0 rings (SSSR count). The van der Waals surface area contributed by atoms with Crippen LogP contribution >= 0.6 is 7.82 Å². The zero-order valence-corrected chi connectivity index (χ0v) is 37.3. The molecule has 1 N–H and O–H groups in total. The zero-order valence-electron chi connectivity index (χ0n) is 36.4. The highest BCUT2D eigenvalue weighted by molar-refractivity contribution is 7.47. The van der Waals surface area contributed by atoms with E-state index in [1.165, 1.54) is 122 Å². The third kappa shape index (κ3) is 41.9. The highest BCUT2D eigenvalue weighted by atomic mass is 31.2. The average Bonchev–Trinajstić information content (AvgIpc) is 3.13. The monoisotopic (exact) mass is 801 g/mol. The number of quaternary nitrogens is 1. The molecule has 0 spiro atoms. The number of carbonyl (C=O) groups excluding carboxylic acids is 2. The van der Waals surface area contributed by atoms with Crippen molar-refractivity contribution in [2.75, 3.05) is 47.5 Å². The van der Waals surface area contributed by atoms with E-state index in [-0.39, 0.29) is 25.6 Å². The molecule has 55 heavy (non-hydrogen) atoms. The number of hydrogen-bond donors (Lipinski definition) is 1. The maximum Gasteiger partial charge on any atom is 0.472 e. The molecule has 0 aromatic heterocycles. The molecule has 0 amide bonds. The number of phosphoric acid groups is 1. The minimum atomic E-state index is -4.37. The van der Waals surface area contributed by atoms with E-state index in [0.29, 0.717) is 23.9 Å². The summed E-state index contributed by atoms with van der Waals surface area (Å²) in [6.45, 7) is 4.39. The minimum Gasteiger partial charge on any atom is -0.462 e. The van der Waals surface area contributed by atoms with Crippen molar-refractivity contribution >= 4 is 19.8 Å². The van der Waals surface area contributed by atoms with Gasteiger partial charge in [-0.3, -0.25) is 18.6 Å². The van der Waals surface area contributed by atoms with Crippen molar-refractivity contribution < 1.29 is 42.1 Å². The predicted molar refractivity (Wildman–Crippen MR) is 229 cm³/mol. The number of likely N-dealkylation sites (N-methyl/N-ethyl adjacent to an activating group) is 1. The summed E-state index contributed by atoms with van der Waals surface area (Å²) in [5, 5.41) is 0. The van der Waals surface area contributed by atoms with E-state index in [4.69, 9.17) is 18.5 Å². The van der Waals surface area contributed by atoms with Gasteiger partial charge in [-0.15, -0.1) is 0 Å². The number of carbonyl (C=O) groups is 2. The van der Waals surface area contributed by atoms with Crippen LogP contribution in [0.15, 0.2) is 24.3 Å². The van der Waals surface area contributed by atoms with Crippen molar-refractivity contribution in [3.05, 3.63) is 24.3 Å². The standard InChI is InChI=1S/C45H86NO8P/c1-6-8-10-12-14-16-17-18-19-20-21-22-23-24-25-26-27-28-29-30-32-34-36-38-45(48)54-43(42-53-55(49,50)52-40-39-46(3,4)5)41-51-44(47)37-35-33-31-15-13-11-9-7-2/h17-18,20-21,43H,6-16,19,22-42H2,1-5H3/p+1/b18-17-,21-20-. The van der Waals surface area contributed by atoms with Gasteiger partial charge in [0.15, 0.2) is 6.10 Å². The smallest absolute Gasteiger partial charge is 0.462 e. The fraction of sp³-hybridized carbons (Fsp3) is 0.867. The second kappa shape index (κ2) is 38.0. The van der Waals surface area contributed by atoms with E-state index in [1.54, 1.807) is 0 Å². The van der Waals surface area contributed by atoms with Crippen LogP contribution in [-0.4, -0.2) is 74.9 Å². The van der Waals surface area contributed by atoms with Crippen LogP contribution in [0.2, 0.25) is 0 Å². The van der Waals surface area contributed by atoms with Crippen molar-refractivity contribution in [3.63, 3.8) is 0 Å². The molecule has 0 fully saturated rings. The molecule has 0 radical (unpaired) electrons. The quantitative estimate of drug-likeness (QED) is 0.0214. The molecule has 0 aliphatic heterocycles. The Labute approximate surface area is 339 Å². The second-order valence-electron chi connectivity index (χ2n) is 16.4. The fourth-order valence-corrected chi connectivity index (χ4v) is 6.90. The molecule has 10 heteroatoms. The lowest BCUT2D eigenvalue weighted by atomic mass is 10.0. The van der Waals surface area contributed by atoms with Gasteiger partial charge in [0.1, 0.15) is 19.8 Å². The Hall–Kier alpha value is -1.51. The van der Waals surface area contributed by atoms with Crippen LogP contribution in [0.5, 0.6) is 0 Å². The Kier molecular flexibility index (Phi) is 37.0. The van der Waals surface area contributed by atoms with Crippen LogP contribution in [-0.2, 0) is 32.7 Å². The first-order valence-corrected chi connectivity index (χ1v) is 24.1. The Morgan fingerprint density at radius 2 is 0.982 bits per heavy atom. The number of ether oxygens (including phenoxy) is 2. The molecular formula is C45H87NO8P+. The number of rotatable bonds is 41. The number of hydrogen-bond acceptors (Lipinski definition) is 7. The third-order valence-electron chi connectivity index (χ3n) is 9.73. The molecular weight excluding hydrogens is 713 g/mol. The second-order valence-corrected chi connectivity index (χ2v) is 17.9. The third-order valence-corrected chi connectivity index (χ3v) is 10.7. The number of phosphoric ester groups is 1. The van der Waals surface area contributed by atoms with Crippen molar-refractivity contribution in [2.24, 2.45) is 0 Å². The van der Waals surface area contributed by atoms with Gasteiger partial charge < -0.3 is 18.9 Å². The van der Waals surface area contributed by atoms with Crippen LogP contribution in [0.25, 0.3) is 0 Å². The summed E-state index contributed by atoms with van der Waals surface area (Å²) in [7, 11) is 1.48. The van der Waals surface area contributed by atoms with Gasteiger partial charge in [-0.2, -0.15) is 0 Å². The molecule has 0 saturated carbocycles. The first-order chi connectivity index (χ1) is 26.5. The van der Waals surface area contributed by atoms with E-state index < -0.39 is 26.5 Å². The molecule has 2 unspecified atom stereocenters. The van der Waals surface area contributed by atoms with Crippen molar-refractivity contribution in [1.29, 1.82) is 0 Å². The topological polar surface area (TPSA) is 108 Å². The SMILES string of the molecule is CCCCCCC/C=C\C/C=C\CCCCCCCCCCCCCC(=O)OC(COC(=O)CCCCCCCCCC)COP(=O)(O)OCC[N+](C)(C)C. The van der Waals surface area contributed by atoms with E-state index in [2.05, 4.69) is 38.2 Å². The molecule has 0 saturated heterocycles. The molecule has 0 bridgehead atoms. The molecule has 0 aromatic carbocycles. The first kappa shape index (κ1) is 53.5. The molecule has 9 nitrogen and oxygen atoms in total. The number of nitrogens with zero attached hydrogens (tertiary/aromatic N) is 1. The largest absolute Gasteiger partial charge is 0.472 e. The molecule has 0 aliphatic rings. The van der Waals surface area contributed by atoms with E-state index in [9.17, 15) is 19.0 Å². The van der Waals surface area contributed by atoms with Gasteiger partial charge in [0.25, 0.3) is 0 Å². The fourth-order valence-electron chi connectivity index (χ4n) is 6.16. The van der Waals surface area contributed by atoms with Gasteiger partial charge in [0, 0.05) is 12.8 Å². The van der Waals surface area contributed by atoms with E-state index in [0.717, 1.165) is 44.9 Å². The number of allylic oxidation sites excluding steroid dienone is 4. The Balaban J connectivity index is 4.18. The summed E-state index contributed by atoms with van der Waals surface area (Å²) in [5.41, 5.74) is 0. The zero-order chi connectivity index (χ0) is 40.7. The average molecular weight is 801 g/mol. The molecule has 0 aliphatic carbocycles. The lowest BCUT2D eigenvalue weighted by Gasteiger charge is -2.24. The van der Waals surface area contributed by atoms with Gasteiger partial charge in [-0.1, -0.05) is 167 Å². The first-order valence-electron chi connectivity index (χ1n) is 22.6. The maximum atomic E-state index is 12.7. The predicted octanol–water partition coefficient (Wildman–Crippen LogP) is 12.7. The van der Waals surface area contributed by atoms with Crippen LogP contribution in [0.3, 0.4) is 0 Å². The van der Waals surface area contributed by atoms with Gasteiger partial charge >= 0.3 is 19.8 Å². The highest BCUT2D eigenvalue weighted by Crippen LogP contribution is 2.43. The summed E-state index contributed by atoms with van der Waals surface area (Å²) in [6, 6.07) is 0. The summed E-state index contributed by atoms with van der Waals surface area (Å²) in [6.07, 6.45) is 41.0. The van der Waals surface area contributed by atoms with E-state index in [1.807, 2.05) is 21.1 Å². The van der Waals surface area contributed by atoms with Gasteiger partial charge in [0.05, 0.1) is 27.7 Å². The molecule has 2 atom stereocenters. The molecule has 324 valence electrons. The Bertz CT molecular complexity index is 996. The van der Waals surface area contributed by atoms with Crippen LogP contribution in [0.1, 0.15) is 200 Å². The molecule has 0 aromatic rings. The maximum absolute atomic E-state index is 12.7. The molecule has 0 heterocycles. The Morgan fingerprint density at radius 3 is 1.44 bits per heavy atom. The van der Waals surface area contributed by atoms with Gasteiger partial charge in [-0.25, -0.2) is 4.57 Å². The van der Waals surface area contributed by atoms with E-state index >= 15 is 0 Å². The lowest BCUT2D eigenvalue weighted by molar-refractivity contribution is -0.870. The van der Waals surface area contributed by atoms with Crippen LogP contribution < -0.4 is 0 Å². The Morgan fingerprint density at radius 1 is 0.564 bits per heavy atom. The highest BCUT2D eigenvalue weighted by Gasteiger charge is 2.27. The summed E-state index contributed by atoms with van der Waals surface area (Å²) in [5.74, 6) is -0.800. The van der Waals surface area contributed by atoms with Crippen LogP contribution in [0.4, 0.5) is 0 Å². The van der Waals surface area contributed by atoms with Gasteiger partial charge in [-0.05, 0) is 44.9 Å². The summed E-state index contributed by atoms with van der Waals surface area (Å²) >= 11 is 0.